The molecule has 2 aromatic rings. The predicted octanol–water partition coefficient (Wildman–Crippen LogP) is 4.48. The maximum absolute atomic E-state index is 12.3. The summed E-state index contributed by atoms with van der Waals surface area (Å²) in [6, 6.07) is 9.06. The van der Waals surface area contributed by atoms with Gasteiger partial charge in [-0.05, 0) is 62.7 Å². The first kappa shape index (κ1) is 16.1. The number of carbonyl (C=O) groups excluding carboxylic acids is 1. The molecule has 0 unspecified atom stereocenters. The lowest BCUT2D eigenvalue weighted by Gasteiger charge is -2.25. The summed E-state index contributed by atoms with van der Waals surface area (Å²) in [5.41, 5.74) is 1.55. The van der Waals surface area contributed by atoms with E-state index in [4.69, 9.17) is 16.0 Å². The van der Waals surface area contributed by atoms with Crippen LogP contribution in [0.3, 0.4) is 0 Å². The van der Waals surface area contributed by atoms with Crippen molar-refractivity contribution in [1.29, 1.82) is 0 Å². The highest BCUT2D eigenvalue weighted by Gasteiger charge is 2.16. The molecule has 0 bridgehead atoms. The van der Waals surface area contributed by atoms with Crippen molar-refractivity contribution >= 4 is 23.2 Å². The molecule has 3 rings (SSSR count). The number of furan rings is 1. The van der Waals surface area contributed by atoms with E-state index >= 15 is 0 Å². The van der Waals surface area contributed by atoms with E-state index in [1.807, 2.05) is 25.1 Å². The number of hydrogen-bond donors (Lipinski definition) is 1. The van der Waals surface area contributed by atoms with Crippen molar-refractivity contribution in [3.63, 3.8) is 0 Å². The number of amides is 1. The summed E-state index contributed by atoms with van der Waals surface area (Å²) in [4.78, 5) is 14.7. The van der Waals surface area contributed by atoms with Gasteiger partial charge in [-0.1, -0.05) is 24.1 Å². The third kappa shape index (κ3) is 3.95. The second-order valence-corrected chi connectivity index (χ2v) is 6.38. The van der Waals surface area contributed by atoms with Crippen LogP contribution in [-0.2, 0) is 6.54 Å². The standard InChI is InChI=1S/C18H21ClN2O2/c1-13-15(19)6-5-7-16(13)20-18(22)17-9-8-14(23-17)12-21-10-3-2-4-11-21/h5-9H,2-4,10-12H2,1H3,(H,20,22). The van der Waals surface area contributed by atoms with E-state index in [1.165, 1.54) is 19.3 Å². The van der Waals surface area contributed by atoms with Crippen molar-refractivity contribution in [3.05, 3.63) is 52.4 Å². The molecular formula is C18H21ClN2O2. The number of nitrogens with zero attached hydrogens (tertiary/aromatic N) is 1. The summed E-state index contributed by atoms with van der Waals surface area (Å²) in [5, 5.41) is 3.49. The molecule has 0 atom stereocenters. The van der Waals surface area contributed by atoms with Crippen LogP contribution in [0.5, 0.6) is 0 Å². The van der Waals surface area contributed by atoms with E-state index in [2.05, 4.69) is 10.2 Å². The molecule has 0 aliphatic carbocycles. The van der Waals surface area contributed by atoms with Crippen LogP contribution in [0.1, 0.15) is 41.1 Å². The number of carbonyl (C=O) groups is 1. The Morgan fingerprint density at radius 1 is 1.22 bits per heavy atom. The number of halogens is 1. The topological polar surface area (TPSA) is 45.5 Å². The fraction of sp³-hybridized carbons (Fsp3) is 0.389. The summed E-state index contributed by atoms with van der Waals surface area (Å²) in [7, 11) is 0. The summed E-state index contributed by atoms with van der Waals surface area (Å²) >= 11 is 6.08. The molecule has 1 saturated heterocycles. The molecule has 1 fully saturated rings. The van der Waals surface area contributed by atoms with Crippen LogP contribution >= 0.6 is 11.6 Å². The van der Waals surface area contributed by atoms with Gasteiger partial charge in [-0.2, -0.15) is 0 Å². The fourth-order valence-corrected chi connectivity index (χ4v) is 3.02. The minimum absolute atomic E-state index is 0.250. The van der Waals surface area contributed by atoms with E-state index in [-0.39, 0.29) is 5.91 Å². The van der Waals surface area contributed by atoms with Crippen molar-refractivity contribution < 1.29 is 9.21 Å². The molecule has 1 N–H and O–H groups in total. The van der Waals surface area contributed by atoms with Crippen LogP contribution in [0.15, 0.2) is 34.7 Å². The monoisotopic (exact) mass is 332 g/mol. The van der Waals surface area contributed by atoms with Gasteiger partial charge in [0, 0.05) is 10.7 Å². The maximum Gasteiger partial charge on any atom is 0.291 e. The highest BCUT2D eigenvalue weighted by Crippen LogP contribution is 2.24. The summed E-state index contributed by atoms with van der Waals surface area (Å²) in [6.45, 7) is 4.85. The number of nitrogens with one attached hydrogen (secondary N) is 1. The molecule has 1 amide bonds. The van der Waals surface area contributed by atoms with Gasteiger partial charge < -0.3 is 9.73 Å². The normalized spacial score (nSPS) is 15.6. The van der Waals surface area contributed by atoms with Gasteiger partial charge in [-0.25, -0.2) is 0 Å². The van der Waals surface area contributed by atoms with Gasteiger partial charge in [-0.3, -0.25) is 9.69 Å². The minimum atomic E-state index is -0.250. The first-order chi connectivity index (χ1) is 11.1. The zero-order valence-electron chi connectivity index (χ0n) is 13.3. The Hall–Kier alpha value is -1.78. The zero-order valence-corrected chi connectivity index (χ0v) is 14.0. The second-order valence-electron chi connectivity index (χ2n) is 5.97. The van der Waals surface area contributed by atoms with Crippen molar-refractivity contribution in [2.24, 2.45) is 0 Å². The number of rotatable bonds is 4. The molecule has 5 heteroatoms. The van der Waals surface area contributed by atoms with E-state index in [9.17, 15) is 4.79 Å². The second kappa shape index (κ2) is 7.20. The number of likely N-dealkylation sites (tertiary alicyclic amines) is 1. The Balaban J connectivity index is 1.65. The molecule has 23 heavy (non-hydrogen) atoms. The van der Waals surface area contributed by atoms with Crippen molar-refractivity contribution in [2.45, 2.75) is 32.7 Å². The molecule has 1 aliphatic heterocycles. The molecule has 2 heterocycles. The van der Waals surface area contributed by atoms with Crippen LogP contribution in [0.2, 0.25) is 5.02 Å². The Kier molecular flexibility index (Phi) is 5.03. The highest BCUT2D eigenvalue weighted by atomic mass is 35.5. The average Bonchev–Trinajstić information content (AvgIpc) is 3.01. The van der Waals surface area contributed by atoms with Crippen molar-refractivity contribution in [2.75, 3.05) is 18.4 Å². The zero-order chi connectivity index (χ0) is 16.2. The third-order valence-corrected chi connectivity index (χ3v) is 4.64. The number of hydrogen-bond acceptors (Lipinski definition) is 3. The van der Waals surface area contributed by atoms with Gasteiger partial charge in [0.1, 0.15) is 5.76 Å². The molecular weight excluding hydrogens is 312 g/mol. The van der Waals surface area contributed by atoms with E-state index in [0.717, 1.165) is 31.0 Å². The van der Waals surface area contributed by atoms with Crippen molar-refractivity contribution in [3.8, 4) is 0 Å². The lowest BCUT2D eigenvalue weighted by atomic mass is 10.1. The molecule has 1 aromatic carbocycles. The fourth-order valence-electron chi connectivity index (χ4n) is 2.85. The Labute approximate surface area is 141 Å². The minimum Gasteiger partial charge on any atom is -0.455 e. The van der Waals surface area contributed by atoms with Crippen molar-refractivity contribution in [1.82, 2.24) is 4.90 Å². The SMILES string of the molecule is Cc1c(Cl)cccc1NC(=O)c1ccc(CN2CCCCC2)o1. The number of piperidine rings is 1. The van der Waals surface area contributed by atoms with Gasteiger partial charge in [0.25, 0.3) is 5.91 Å². The van der Waals surface area contributed by atoms with Crippen LogP contribution in [-0.4, -0.2) is 23.9 Å². The molecule has 0 radical (unpaired) electrons. The van der Waals surface area contributed by atoms with Crippen LogP contribution in [0.25, 0.3) is 0 Å². The third-order valence-electron chi connectivity index (χ3n) is 4.23. The largest absolute Gasteiger partial charge is 0.455 e. The molecule has 1 aromatic heterocycles. The number of anilines is 1. The van der Waals surface area contributed by atoms with Gasteiger partial charge in [0.05, 0.1) is 6.54 Å². The Morgan fingerprint density at radius 3 is 2.78 bits per heavy atom. The Bertz CT molecular complexity index is 690. The molecule has 0 saturated carbocycles. The van der Waals surface area contributed by atoms with Gasteiger partial charge in [0.2, 0.25) is 0 Å². The van der Waals surface area contributed by atoms with Crippen LogP contribution in [0, 0.1) is 6.92 Å². The molecule has 4 nitrogen and oxygen atoms in total. The Morgan fingerprint density at radius 2 is 2.00 bits per heavy atom. The first-order valence-electron chi connectivity index (χ1n) is 8.01. The summed E-state index contributed by atoms with van der Waals surface area (Å²) in [6.07, 6.45) is 3.78. The predicted molar refractivity (Wildman–Crippen MR) is 92.0 cm³/mol. The number of benzene rings is 1. The van der Waals surface area contributed by atoms with Gasteiger partial charge >= 0.3 is 0 Å². The quantitative estimate of drug-likeness (QED) is 0.897. The van der Waals surface area contributed by atoms with E-state index in [1.54, 1.807) is 12.1 Å². The van der Waals surface area contributed by atoms with Crippen LogP contribution < -0.4 is 5.32 Å². The lowest BCUT2D eigenvalue weighted by molar-refractivity contribution is 0.0992. The molecule has 122 valence electrons. The molecule has 1 aliphatic rings. The highest BCUT2D eigenvalue weighted by molar-refractivity contribution is 6.31. The van der Waals surface area contributed by atoms with Gasteiger partial charge in [-0.15, -0.1) is 0 Å². The summed E-state index contributed by atoms with van der Waals surface area (Å²) in [5.74, 6) is 0.913. The summed E-state index contributed by atoms with van der Waals surface area (Å²) < 4.78 is 5.70. The van der Waals surface area contributed by atoms with Gasteiger partial charge in [0.15, 0.2) is 5.76 Å². The van der Waals surface area contributed by atoms with Crippen LogP contribution in [0.4, 0.5) is 5.69 Å². The smallest absolute Gasteiger partial charge is 0.291 e. The maximum atomic E-state index is 12.3. The average molecular weight is 333 g/mol. The van der Waals surface area contributed by atoms with E-state index < -0.39 is 0 Å². The molecule has 0 spiro atoms. The lowest BCUT2D eigenvalue weighted by Crippen LogP contribution is -2.28. The first-order valence-corrected chi connectivity index (χ1v) is 8.39. The van der Waals surface area contributed by atoms with E-state index in [0.29, 0.717) is 16.5 Å².